The number of aryl methyl sites for hydroxylation is 1. The van der Waals surface area contributed by atoms with Crippen molar-refractivity contribution in [2.24, 2.45) is 5.73 Å². The molecule has 1 aliphatic rings. The summed E-state index contributed by atoms with van der Waals surface area (Å²) in [5, 5.41) is 13.0. The van der Waals surface area contributed by atoms with Gasteiger partial charge in [0.15, 0.2) is 0 Å². The standard InChI is InChI=1S/C11H15N3O2/c12-11(15)14(16)7-8-3-4-10-9(6-8)2-1-5-13-10/h3-4,6,13,16H,1-2,5,7H2,(H2,12,15). The van der Waals surface area contributed by atoms with Crippen LogP contribution in [-0.4, -0.2) is 22.8 Å². The van der Waals surface area contributed by atoms with Crippen LogP contribution in [0.15, 0.2) is 18.2 Å². The van der Waals surface area contributed by atoms with Crippen molar-refractivity contribution >= 4 is 11.7 Å². The number of nitrogens with zero attached hydrogens (tertiary/aromatic N) is 1. The minimum absolute atomic E-state index is 0.128. The molecule has 4 N–H and O–H groups in total. The van der Waals surface area contributed by atoms with Gasteiger partial charge >= 0.3 is 6.03 Å². The number of amides is 2. The van der Waals surface area contributed by atoms with Gasteiger partial charge in [-0.1, -0.05) is 12.1 Å². The van der Waals surface area contributed by atoms with E-state index in [1.807, 2.05) is 18.2 Å². The van der Waals surface area contributed by atoms with Crippen molar-refractivity contribution in [3.8, 4) is 0 Å². The molecular formula is C11H15N3O2. The Labute approximate surface area is 93.8 Å². The number of carbonyl (C=O) groups is 1. The molecule has 5 heteroatoms. The number of hydrogen-bond donors (Lipinski definition) is 3. The van der Waals surface area contributed by atoms with E-state index in [-0.39, 0.29) is 6.54 Å². The number of hydroxylamine groups is 2. The second kappa shape index (κ2) is 4.40. The Bertz CT molecular complexity index is 406. The Morgan fingerprint density at radius 3 is 3.12 bits per heavy atom. The SMILES string of the molecule is NC(=O)N(O)Cc1ccc2c(c1)CCCN2. The molecular weight excluding hydrogens is 206 g/mol. The Morgan fingerprint density at radius 1 is 1.56 bits per heavy atom. The molecule has 0 fully saturated rings. The van der Waals surface area contributed by atoms with E-state index in [9.17, 15) is 10.0 Å². The summed E-state index contributed by atoms with van der Waals surface area (Å²) in [4.78, 5) is 10.7. The first kappa shape index (κ1) is 10.8. The van der Waals surface area contributed by atoms with E-state index in [1.165, 1.54) is 5.56 Å². The Balaban J connectivity index is 2.14. The summed E-state index contributed by atoms with van der Waals surface area (Å²) in [7, 11) is 0. The second-order valence-corrected chi connectivity index (χ2v) is 3.92. The molecule has 16 heavy (non-hydrogen) atoms. The van der Waals surface area contributed by atoms with Gasteiger partial charge in [-0.15, -0.1) is 0 Å². The number of carbonyl (C=O) groups excluding carboxylic acids is 1. The van der Waals surface area contributed by atoms with Crippen LogP contribution in [0.25, 0.3) is 0 Å². The zero-order chi connectivity index (χ0) is 11.5. The van der Waals surface area contributed by atoms with E-state index in [1.54, 1.807) is 0 Å². The third kappa shape index (κ3) is 2.25. The zero-order valence-corrected chi connectivity index (χ0v) is 8.94. The van der Waals surface area contributed by atoms with Gasteiger partial charge in [0.1, 0.15) is 0 Å². The molecule has 0 aliphatic carbocycles. The lowest BCUT2D eigenvalue weighted by Gasteiger charge is -2.19. The van der Waals surface area contributed by atoms with Crippen LogP contribution >= 0.6 is 0 Å². The van der Waals surface area contributed by atoms with Crippen LogP contribution in [0.1, 0.15) is 17.5 Å². The topological polar surface area (TPSA) is 78.6 Å². The average Bonchev–Trinajstić information content (AvgIpc) is 2.28. The van der Waals surface area contributed by atoms with E-state index in [2.05, 4.69) is 5.32 Å². The van der Waals surface area contributed by atoms with Crippen LogP contribution in [0.4, 0.5) is 10.5 Å². The molecule has 1 aromatic rings. The molecule has 1 aliphatic heterocycles. The number of rotatable bonds is 2. The lowest BCUT2D eigenvalue weighted by molar-refractivity contribution is -0.0470. The second-order valence-electron chi connectivity index (χ2n) is 3.92. The van der Waals surface area contributed by atoms with Gasteiger partial charge in [-0.05, 0) is 30.0 Å². The van der Waals surface area contributed by atoms with E-state index < -0.39 is 6.03 Å². The van der Waals surface area contributed by atoms with Gasteiger partial charge in [-0.25, -0.2) is 9.86 Å². The molecule has 2 rings (SSSR count). The maximum absolute atomic E-state index is 10.7. The minimum atomic E-state index is -0.837. The summed E-state index contributed by atoms with van der Waals surface area (Å²) < 4.78 is 0. The number of fused-ring (bicyclic) bond motifs is 1. The maximum atomic E-state index is 10.7. The molecule has 0 atom stereocenters. The number of anilines is 1. The Kier molecular flexibility index (Phi) is 2.96. The minimum Gasteiger partial charge on any atom is -0.385 e. The monoisotopic (exact) mass is 221 g/mol. The molecule has 0 unspecified atom stereocenters. The van der Waals surface area contributed by atoms with Gasteiger partial charge in [-0.2, -0.15) is 0 Å². The summed E-state index contributed by atoms with van der Waals surface area (Å²) in [6.07, 6.45) is 2.13. The van der Waals surface area contributed by atoms with Gasteiger partial charge in [-0.3, -0.25) is 5.21 Å². The summed E-state index contributed by atoms with van der Waals surface area (Å²) >= 11 is 0. The van der Waals surface area contributed by atoms with E-state index in [0.717, 1.165) is 30.6 Å². The molecule has 2 amide bonds. The van der Waals surface area contributed by atoms with Crippen LogP contribution < -0.4 is 11.1 Å². The number of primary amides is 1. The first-order valence-electron chi connectivity index (χ1n) is 5.28. The summed E-state index contributed by atoms with van der Waals surface area (Å²) in [5.41, 5.74) is 8.19. The number of nitrogens with one attached hydrogen (secondary N) is 1. The number of urea groups is 1. The van der Waals surface area contributed by atoms with Crippen molar-refractivity contribution in [3.05, 3.63) is 29.3 Å². The molecule has 1 heterocycles. The van der Waals surface area contributed by atoms with Crippen molar-refractivity contribution in [2.45, 2.75) is 19.4 Å². The summed E-state index contributed by atoms with van der Waals surface area (Å²) in [6.45, 7) is 1.13. The Morgan fingerprint density at radius 2 is 2.38 bits per heavy atom. The lowest BCUT2D eigenvalue weighted by atomic mass is 10.0. The highest BCUT2D eigenvalue weighted by Crippen LogP contribution is 2.23. The summed E-state index contributed by atoms with van der Waals surface area (Å²) in [5.74, 6) is 0. The van der Waals surface area contributed by atoms with Crippen molar-refractivity contribution in [1.29, 1.82) is 0 Å². The van der Waals surface area contributed by atoms with Gasteiger partial charge in [0, 0.05) is 12.2 Å². The molecule has 1 aromatic carbocycles. The maximum Gasteiger partial charge on any atom is 0.338 e. The van der Waals surface area contributed by atoms with Gasteiger partial charge in [0.05, 0.1) is 6.54 Å². The van der Waals surface area contributed by atoms with Crippen LogP contribution in [-0.2, 0) is 13.0 Å². The number of benzene rings is 1. The fourth-order valence-electron chi connectivity index (χ4n) is 1.88. The van der Waals surface area contributed by atoms with Crippen molar-refractivity contribution in [3.63, 3.8) is 0 Å². The van der Waals surface area contributed by atoms with E-state index in [4.69, 9.17) is 5.73 Å². The lowest BCUT2D eigenvalue weighted by Crippen LogP contribution is -2.32. The predicted octanol–water partition coefficient (Wildman–Crippen LogP) is 1.31. The van der Waals surface area contributed by atoms with Crippen LogP contribution in [0.5, 0.6) is 0 Å². The number of nitrogens with two attached hydrogens (primary N) is 1. The highest BCUT2D eigenvalue weighted by molar-refractivity contribution is 5.70. The van der Waals surface area contributed by atoms with Crippen molar-refractivity contribution in [2.75, 3.05) is 11.9 Å². The van der Waals surface area contributed by atoms with E-state index >= 15 is 0 Å². The van der Waals surface area contributed by atoms with Gasteiger partial charge in [0.25, 0.3) is 0 Å². The first-order chi connectivity index (χ1) is 7.66. The van der Waals surface area contributed by atoms with Crippen LogP contribution in [0, 0.1) is 0 Å². The summed E-state index contributed by atoms with van der Waals surface area (Å²) in [6, 6.07) is 5.01. The highest BCUT2D eigenvalue weighted by Gasteiger charge is 2.11. The Hall–Kier alpha value is -1.75. The van der Waals surface area contributed by atoms with E-state index in [0.29, 0.717) is 5.06 Å². The normalized spacial score (nSPS) is 13.8. The highest BCUT2D eigenvalue weighted by atomic mass is 16.5. The third-order valence-electron chi connectivity index (χ3n) is 2.69. The molecule has 0 saturated carbocycles. The van der Waals surface area contributed by atoms with Crippen LogP contribution in [0.3, 0.4) is 0 Å². The van der Waals surface area contributed by atoms with Crippen molar-refractivity contribution < 1.29 is 10.0 Å². The first-order valence-corrected chi connectivity index (χ1v) is 5.28. The number of hydrogen-bond acceptors (Lipinski definition) is 3. The van der Waals surface area contributed by atoms with Gasteiger partial charge < -0.3 is 11.1 Å². The zero-order valence-electron chi connectivity index (χ0n) is 8.94. The molecule has 0 aromatic heterocycles. The van der Waals surface area contributed by atoms with Crippen molar-refractivity contribution in [1.82, 2.24) is 5.06 Å². The fraction of sp³-hybridized carbons (Fsp3) is 0.364. The van der Waals surface area contributed by atoms with Gasteiger partial charge in [0.2, 0.25) is 0 Å². The smallest absolute Gasteiger partial charge is 0.338 e. The molecule has 5 nitrogen and oxygen atoms in total. The largest absolute Gasteiger partial charge is 0.385 e. The average molecular weight is 221 g/mol. The van der Waals surface area contributed by atoms with Crippen LogP contribution in [0.2, 0.25) is 0 Å². The third-order valence-corrected chi connectivity index (χ3v) is 2.69. The molecule has 0 saturated heterocycles. The predicted molar refractivity (Wildman–Crippen MR) is 60.2 cm³/mol. The molecule has 0 radical (unpaired) electrons. The molecule has 0 spiro atoms. The fourth-order valence-corrected chi connectivity index (χ4v) is 1.88. The molecule has 0 bridgehead atoms. The quantitative estimate of drug-likeness (QED) is 0.520. The molecule has 86 valence electrons.